The molecule has 2 amide bonds. The van der Waals surface area contributed by atoms with Crippen LogP contribution in [0.5, 0.6) is 0 Å². The van der Waals surface area contributed by atoms with Gasteiger partial charge in [-0.15, -0.1) is 0 Å². The molecule has 1 fully saturated rings. The fourth-order valence-corrected chi connectivity index (χ4v) is 2.50. The second-order valence-electron chi connectivity index (χ2n) is 7.00. The van der Waals surface area contributed by atoms with E-state index in [9.17, 15) is 9.59 Å². The summed E-state index contributed by atoms with van der Waals surface area (Å²) in [5.74, 6) is -0.0268. The number of rotatable bonds is 5. The van der Waals surface area contributed by atoms with Gasteiger partial charge in [-0.3, -0.25) is 4.79 Å². The first-order valence-corrected chi connectivity index (χ1v) is 8.03. The molecule has 122 valence electrons. The second-order valence-corrected chi connectivity index (χ2v) is 7.00. The minimum Gasteiger partial charge on any atom is -0.444 e. The summed E-state index contributed by atoms with van der Waals surface area (Å²) in [5, 5.41) is 5.78. The lowest BCUT2D eigenvalue weighted by Gasteiger charge is -2.27. The summed E-state index contributed by atoms with van der Waals surface area (Å²) >= 11 is 0. The Kier molecular flexibility index (Phi) is 6.49. The monoisotopic (exact) mass is 298 g/mol. The van der Waals surface area contributed by atoms with Gasteiger partial charge in [-0.2, -0.15) is 0 Å². The highest BCUT2D eigenvalue weighted by atomic mass is 16.6. The van der Waals surface area contributed by atoms with Crippen molar-refractivity contribution in [3.8, 4) is 0 Å². The normalized spacial score (nSPS) is 18.9. The van der Waals surface area contributed by atoms with Crippen molar-refractivity contribution >= 4 is 12.0 Å². The van der Waals surface area contributed by atoms with Crippen LogP contribution in [0.25, 0.3) is 0 Å². The second kappa shape index (κ2) is 7.66. The number of alkyl carbamates (subject to hydrolysis) is 1. The number of carbonyl (C=O) groups excluding carboxylic acids is 2. The summed E-state index contributed by atoms with van der Waals surface area (Å²) in [6.07, 6.45) is 4.68. The van der Waals surface area contributed by atoms with E-state index in [1.807, 2.05) is 34.6 Å². The molecule has 1 saturated carbocycles. The van der Waals surface area contributed by atoms with Gasteiger partial charge >= 0.3 is 6.09 Å². The zero-order chi connectivity index (χ0) is 16.0. The van der Waals surface area contributed by atoms with Crippen LogP contribution < -0.4 is 10.6 Å². The molecule has 0 aliphatic heterocycles. The van der Waals surface area contributed by atoms with Crippen LogP contribution in [0.2, 0.25) is 0 Å². The molecule has 1 unspecified atom stereocenters. The molecule has 2 atom stereocenters. The van der Waals surface area contributed by atoms with Crippen LogP contribution in [0.1, 0.15) is 66.7 Å². The van der Waals surface area contributed by atoms with Gasteiger partial charge in [-0.25, -0.2) is 4.79 Å². The maximum absolute atomic E-state index is 12.4. The molecule has 5 nitrogen and oxygen atoms in total. The number of ether oxygens (including phenoxy) is 1. The maximum Gasteiger partial charge on any atom is 0.408 e. The molecule has 5 heteroatoms. The molecule has 0 aromatic heterocycles. The Morgan fingerprint density at radius 1 is 1.24 bits per heavy atom. The van der Waals surface area contributed by atoms with Crippen molar-refractivity contribution in [3.63, 3.8) is 0 Å². The Morgan fingerprint density at radius 2 is 1.81 bits per heavy atom. The lowest BCUT2D eigenvalue weighted by molar-refractivity contribution is -0.125. The zero-order valence-corrected chi connectivity index (χ0v) is 14.0. The van der Waals surface area contributed by atoms with Crippen LogP contribution in [0, 0.1) is 5.92 Å². The highest BCUT2D eigenvalue weighted by Gasteiger charge is 2.30. The molecule has 1 aliphatic rings. The van der Waals surface area contributed by atoms with Gasteiger partial charge in [0.25, 0.3) is 0 Å². The van der Waals surface area contributed by atoms with Gasteiger partial charge in [-0.1, -0.05) is 33.1 Å². The smallest absolute Gasteiger partial charge is 0.408 e. The highest BCUT2D eigenvalue weighted by molar-refractivity contribution is 5.86. The number of hydrogen-bond acceptors (Lipinski definition) is 3. The maximum atomic E-state index is 12.4. The largest absolute Gasteiger partial charge is 0.444 e. The molecule has 0 radical (unpaired) electrons. The van der Waals surface area contributed by atoms with E-state index in [1.54, 1.807) is 0 Å². The van der Waals surface area contributed by atoms with E-state index in [0.717, 1.165) is 19.3 Å². The van der Waals surface area contributed by atoms with E-state index in [-0.39, 0.29) is 17.9 Å². The average Bonchev–Trinajstić information content (AvgIpc) is 2.85. The molecular weight excluding hydrogens is 268 g/mol. The van der Waals surface area contributed by atoms with E-state index in [1.165, 1.54) is 12.8 Å². The zero-order valence-electron chi connectivity index (χ0n) is 14.0. The number of carbonyl (C=O) groups is 2. The van der Waals surface area contributed by atoms with E-state index < -0.39 is 17.7 Å². The lowest BCUT2D eigenvalue weighted by atomic mass is 9.98. The molecule has 0 bridgehead atoms. The Labute approximate surface area is 128 Å². The molecule has 0 spiro atoms. The van der Waals surface area contributed by atoms with E-state index in [4.69, 9.17) is 4.74 Å². The molecular formula is C16H30N2O3. The van der Waals surface area contributed by atoms with Gasteiger partial charge in [0, 0.05) is 6.04 Å². The van der Waals surface area contributed by atoms with Crippen molar-refractivity contribution < 1.29 is 14.3 Å². The Balaban J connectivity index is 2.61. The van der Waals surface area contributed by atoms with Crippen molar-refractivity contribution in [3.05, 3.63) is 0 Å². The van der Waals surface area contributed by atoms with Gasteiger partial charge in [0.15, 0.2) is 0 Å². The number of nitrogens with one attached hydrogen (secondary N) is 2. The molecule has 1 aliphatic carbocycles. The Bertz CT molecular complexity index is 357. The molecule has 0 saturated heterocycles. The van der Waals surface area contributed by atoms with Gasteiger partial charge in [0.1, 0.15) is 11.6 Å². The van der Waals surface area contributed by atoms with Crippen LogP contribution in [0.3, 0.4) is 0 Å². The molecule has 21 heavy (non-hydrogen) atoms. The van der Waals surface area contributed by atoms with Crippen LogP contribution in [0.4, 0.5) is 4.79 Å². The first-order chi connectivity index (χ1) is 9.73. The molecule has 2 N–H and O–H groups in total. The third kappa shape index (κ3) is 6.36. The van der Waals surface area contributed by atoms with Gasteiger partial charge in [0.2, 0.25) is 5.91 Å². The van der Waals surface area contributed by atoms with Gasteiger partial charge in [-0.05, 0) is 39.5 Å². The van der Waals surface area contributed by atoms with Crippen LogP contribution in [0.15, 0.2) is 0 Å². The average molecular weight is 298 g/mol. The molecule has 0 heterocycles. The third-order valence-corrected chi connectivity index (χ3v) is 3.87. The topological polar surface area (TPSA) is 67.4 Å². The fourth-order valence-electron chi connectivity index (χ4n) is 2.50. The summed E-state index contributed by atoms with van der Waals surface area (Å²) in [6.45, 7) is 9.41. The van der Waals surface area contributed by atoms with Crippen LogP contribution >= 0.6 is 0 Å². The van der Waals surface area contributed by atoms with Crippen molar-refractivity contribution in [1.82, 2.24) is 10.6 Å². The Morgan fingerprint density at radius 3 is 2.29 bits per heavy atom. The number of amides is 2. The SMILES string of the molecule is CCC(C)[C@H](NC(=O)OC(C)(C)C)C(=O)NC1CCCC1. The standard InChI is InChI=1S/C16H30N2O3/c1-6-11(2)13(18-15(20)21-16(3,4)5)14(19)17-12-9-7-8-10-12/h11-13H,6-10H2,1-5H3,(H,17,19)(H,18,20)/t11?,13-/m0/s1. The van der Waals surface area contributed by atoms with E-state index in [0.29, 0.717) is 0 Å². The summed E-state index contributed by atoms with van der Waals surface area (Å²) in [7, 11) is 0. The summed E-state index contributed by atoms with van der Waals surface area (Å²) in [4.78, 5) is 24.3. The highest BCUT2D eigenvalue weighted by Crippen LogP contribution is 2.18. The predicted molar refractivity (Wildman–Crippen MR) is 83.0 cm³/mol. The molecule has 1 rings (SSSR count). The van der Waals surface area contributed by atoms with Gasteiger partial charge in [0.05, 0.1) is 0 Å². The predicted octanol–water partition coefficient (Wildman–Crippen LogP) is 2.98. The first kappa shape index (κ1) is 17.8. The molecule has 0 aromatic rings. The first-order valence-electron chi connectivity index (χ1n) is 8.03. The van der Waals surface area contributed by atoms with Crippen molar-refractivity contribution in [2.45, 2.75) is 84.4 Å². The summed E-state index contributed by atoms with van der Waals surface area (Å²) in [6, 6.07) is -0.282. The number of hydrogen-bond donors (Lipinski definition) is 2. The lowest BCUT2D eigenvalue weighted by Crippen LogP contribution is -2.53. The minimum absolute atomic E-state index is 0.0684. The van der Waals surface area contributed by atoms with E-state index in [2.05, 4.69) is 10.6 Å². The fraction of sp³-hybridized carbons (Fsp3) is 0.875. The van der Waals surface area contributed by atoms with Crippen molar-refractivity contribution in [2.75, 3.05) is 0 Å². The van der Waals surface area contributed by atoms with Crippen LogP contribution in [-0.2, 0) is 9.53 Å². The quantitative estimate of drug-likeness (QED) is 0.820. The summed E-state index contributed by atoms with van der Waals surface area (Å²) in [5.41, 5.74) is -0.563. The summed E-state index contributed by atoms with van der Waals surface area (Å²) < 4.78 is 5.25. The van der Waals surface area contributed by atoms with Crippen molar-refractivity contribution in [2.24, 2.45) is 5.92 Å². The van der Waals surface area contributed by atoms with Crippen molar-refractivity contribution in [1.29, 1.82) is 0 Å². The Hall–Kier alpha value is -1.26. The van der Waals surface area contributed by atoms with Gasteiger partial charge < -0.3 is 15.4 Å². The third-order valence-electron chi connectivity index (χ3n) is 3.87. The van der Waals surface area contributed by atoms with E-state index >= 15 is 0 Å². The minimum atomic E-state index is -0.563. The van der Waals surface area contributed by atoms with Crippen LogP contribution in [-0.4, -0.2) is 29.7 Å². The molecule has 0 aromatic carbocycles.